The van der Waals surface area contributed by atoms with E-state index < -0.39 is 0 Å². The first-order valence-corrected chi connectivity index (χ1v) is 11.7. The summed E-state index contributed by atoms with van der Waals surface area (Å²) < 4.78 is 8.02. The number of carbonyl (C=O) groups excluding carboxylic acids is 1. The van der Waals surface area contributed by atoms with Crippen LogP contribution in [0.15, 0.2) is 35.2 Å². The molecule has 1 amide bonds. The minimum atomic E-state index is 0.00492. The summed E-state index contributed by atoms with van der Waals surface area (Å²) in [4.78, 5) is 17.1. The van der Waals surface area contributed by atoms with Crippen molar-refractivity contribution in [2.75, 3.05) is 25.1 Å². The normalized spacial score (nSPS) is 17.1. The van der Waals surface area contributed by atoms with E-state index in [1.54, 1.807) is 10.7 Å². The van der Waals surface area contributed by atoms with Gasteiger partial charge >= 0.3 is 0 Å². The lowest BCUT2D eigenvalue weighted by Crippen LogP contribution is -2.26. The zero-order chi connectivity index (χ0) is 21.4. The maximum Gasteiger partial charge on any atom is 0.251 e. The minimum Gasteiger partial charge on any atom is -0.381 e. The fraction of sp³-hybridized carbons (Fsp3) is 0.435. The molecule has 0 atom stereocenters. The van der Waals surface area contributed by atoms with Crippen LogP contribution in [0.1, 0.15) is 41.6 Å². The lowest BCUT2D eigenvalue weighted by Gasteiger charge is -2.24. The molecule has 8 heteroatoms. The molecular formula is C23H26BrN5O2. The van der Waals surface area contributed by atoms with E-state index in [0.717, 1.165) is 83.6 Å². The standard InChI is InChI=1S/C23H26BrN5O2/c1-14-12-16(2-5-18(14)23(30)27-17-3-4-17)19-20(26-13-15-6-10-31-11-7-15)22-25-8-9-29(22)28-21(19)24/h2,5,8-9,12,15,17,26H,3-4,6-7,10-11,13H2,1H3,(H,27,30). The van der Waals surface area contributed by atoms with E-state index in [1.807, 2.05) is 25.3 Å². The van der Waals surface area contributed by atoms with E-state index >= 15 is 0 Å². The highest BCUT2D eigenvalue weighted by atomic mass is 79.9. The molecule has 2 fully saturated rings. The number of benzene rings is 1. The molecule has 3 heterocycles. The van der Waals surface area contributed by atoms with Gasteiger partial charge < -0.3 is 15.4 Å². The van der Waals surface area contributed by atoms with Crippen LogP contribution in [0.4, 0.5) is 5.69 Å². The molecule has 1 saturated carbocycles. The Labute approximate surface area is 189 Å². The van der Waals surface area contributed by atoms with Crippen LogP contribution in [0.3, 0.4) is 0 Å². The second kappa shape index (κ2) is 8.59. The molecule has 162 valence electrons. The quantitative estimate of drug-likeness (QED) is 0.549. The Hall–Kier alpha value is -2.45. The van der Waals surface area contributed by atoms with Crippen LogP contribution in [0.5, 0.6) is 0 Å². The molecule has 0 bridgehead atoms. The van der Waals surface area contributed by atoms with Gasteiger partial charge in [0, 0.05) is 49.3 Å². The van der Waals surface area contributed by atoms with Crippen molar-refractivity contribution < 1.29 is 9.53 Å². The third-order valence-electron chi connectivity index (χ3n) is 6.08. The number of nitrogens with one attached hydrogen (secondary N) is 2. The zero-order valence-corrected chi connectivity index (χ0v) is 19.1. The average Bonchev–Trinajstić information content (AvgIpc) is 3.46. The van der Waals surface area contributed by atoms with Crippen LogP contribution < -0.4 is 10.6 Å². The Morgan fingerprint density at radius 1 is 1.26 bits per heavy atom. The highest BCUT2D eigenvalue weighted by molar-refractivity contribution is 9.10. The number of rotatable bonds is 6. The van der Waals surface area contributed by atoms with Gasteiger partial charge in [-0.2, -0.15) is 5.10 Å². The van der Waals surface area contributed by atoms with E-state index in [0.29, 0.717) is 12.0 Å². The maximum atomic E-state index is 12.5. The van der Waals surface area contributed by atoms with Crippen molar-refractivity contribution in [2.45, 2.75) is 38.6 Å². The van der Waals surface area contributed by atoms with Crippen molar-refractivity contribution in [1.82, 2.24) is 19.9 Å². The number of fused-ring (bicyclic) bond motifs is 1. The maximum absolute atomic E-state index is 12.5. The number of amides is 1. The van der Waals surface area contributed by atoms with Crippen LogP contribution in [0, 0.1) is 12.8 Å². The van der Waals surface area contributed by atoms with Gasteiger partial charge in [-0.15, -0.1) is 0 Å². The first-order chi connectivity index (χ1) is 15.1. The Morgan fingerprint density at radius 2 is 2.06 bits per heavy atom. The van der Waals surface area contributed by atoms with E-state index in [9.17, 15) is 4.79 Å². The summed E-state index contributed by atoms with van der Waals surface area (Å²) in [6.07, 6.45) is 7.88. The molecule has 3 aromatic rings. The Balaban J connectivity index is 1.50. The number of aryl methyl sites for hydroxylation is 1. The molecule has 1 aliphatic heterocycles. The highest BCUT2D eigenvalue weighted by Crippen LogP contribution is 2.37. The van der Waals surface area contributed by atoms with Gasteiger partial charge in [0.1, 0.15) is 4.60 Å². The number of ether oxygens (including phenoxy) is 1. The lowest BCUT2D eigenvalue weighted by molar-refractivity contribution is 0.0699. The number of hydrogen-bond donors (Lipinski definition) is 2. The second-order valence-electron chi connectivity index (χ2n) is 8.45. The third kappa shape index (κ3) is 4.32. The molecule has 2 aliphatic rings. The average molecular weight is 484 g/mol. The van der Waals surface area contributed by atoms with Gasteiger partial charge in [0.05, 0.1) is 5.69 Å². The van der Waals surface area contributed by atoms with E-state index in [4.69, 9.17) is 4.74 Å². The molecule has 1 aromatic carbocycles. The van der Waals surface area contributed by atoms with Crippen LogP contribution in [0.25, 0.3) is 16.8 Å². The fourth-order valence-electron chi connectivity index (χ4n) is 4.11. The van der Waals surface area contributed by atoms with Crippen molar-refractivity contribution in [1.29, 1.82) is 0 Å². The van der Waals surface area contributed by atoms with Crippen molar-refractivity contribution in [3.63, 3.8) is 0 Å². The van der Waals surface area contributed by atoms with Crippen LogP contribution in [0.2, 0.25) is 0 Å². The van der Waals surface area contributed by atoms with Gasteiger partial charge in [-0.05, 0) is 71.6 Å². The van der Waals surface area contributed by atoms with Crippen molar-refractivity contribution in [2.24, 2.45) is 5.92 Å². The monoisotopic (exact) mass is 483 g/mol. The van der Waals surface area contributed by atoms with Crippen molar-refractivity contribution >= 4 is 33.2 Å². The van der Waals surface area contributed by atoms with Gasteiger partial charge in [-0.3, -0.25) is 4.79 Å². The highest BCUT2D eigenvalue weighted by Gasteiger charge is 2.25. The molecule has 5 rings (SSSR count). The molecular weight excluding hydrogens is 458 g/mol. The third-order valence-corrected chi connectivity index (χ3v) is 6.63. The Morgan fingerprint density at radius 3 is 2.81 bits per heavy atom. The first-order valence-electron chi connectivity index (χ1n) is 10.9. The molecule has 1 saturated heterocycles. The molecule has 0 unspecified atom stereocenters. The number of halogens is 1. The number of imidazole rings is 1. The summed E-state index contributed by atoms with van der Waals surface area (Å²) in [6, 6.07) is 6.30. The smallest absolute Gasteiger partial charge is 0.251 e. The molecule has 2 N–H and O–H groups in total. The number of nitrogens with zero attached hydrogens (tertiary/aromatic N) is 3. The minimum absolute atomic E-state index is 0.00492. The largest absolute Gasteiger partial charge is 0.381 e. The van der Waals surface area contributed by atoms with Gasteiger partial charge in [0.15, 0.2) is 5.65 Å². The number of anilines is 1. The summed E-state index contributed by atoms with van der Waals surface area (Å²) in [5.74, 6) is 0.573. The molecule has 0 spiro atoms. The Kier molecular flexibility index (Phi) is 5.67. The van der Waals surface area contributed by atoms with Crippen LogP contribution >= 0.6 is 15.9 Å². The second-order valence-corrected chi connectivity index (χ2v) is 9.20. The van der Waals surface area contributed by atoms with Crippen LogP contribution in [-0.2, 0) is 4.74 Å². The summed E-state index contributed by atoms with van der Waals surface area (Å²) in [6.45, 7) is 4.48. The first kappa shape index (κ1) is 20.5. The summed E-state index contributed by atoms with van der Waals surface area (Å²) in [5.41, 5.74) is 5.37. The Bertz CT molecular complexity index is 1120. The van der Waals surface area contributed by atoms with E-state index in [2.05, 4.69) is 42.7 Å². The van der Waals surface area contributed by atoms with E-state index in [1.165, 1.54) is 0 Å². The van der Waals surface area contributed by atoms with Gasteiger partial charge in [0.25, 0.3) is 5.91 Å². The van der Waals surface area contributed by atoms with Gasteiger partial charge in [-0.1, -0.05) is 12.1 Å². The van der Waals surface area contributed by atoms with Gasteiger partial charge in [-0.25, -0.2) is 9.50 Å². The van der Waals surface area contributed by atoms with Gasteiger partial charge in [0.2, 0.25) is 0 Å². The topological polar surface area (TPSA) is 80.6 Å². The molecule has 0 radical (unpaired) electrons. The molecule has 31 heavy (non-hydrogen) atoms. The number of aromatic nitrogens is 3. The predicted molar refractivity (Wildman–Crippen MR) is 123 cm³/mol. The SMILES string of the molecule is Cc1cc(-c2c(Br)nn3ccnc3c2NCC2CCOCC2)ccc1C(=O)NC1CC1. The summed E-state index contributed by atoms with van der Waals surface area (Å²) in [7, 11) is 0. The molecule has 1 aliphatic carbocycles. The summed E-state index contributed by atoms with van der Waals surface area (Å²) >= 11 is 3.67. The lowest BCUT2D eigenvalue weighted by atomic mass is 9.98. The predicted octanol–water partition coefficient (Wildman–Crippen LogP) is 4.20. The van der Waals surface area contributed by atoms with Crippen LogP contribution in [-0.4, -0.2) is 46.3 Å². The van der Waals surface area contributed by atoms with E-state index in [-0.39, 0.29) is 5.91 Å². The zero-order valence-electron chi connectivity index (χ0n) is 17.5. The number of hydrogen-bond acceptors (Lipinski definition) is 5. The molecule has 7 nitrogen and oxygen atoms in total. The number of carbonyl (C=O) groups is 1. The summed E-state index contributed by atoms with van der Waals surface area (Å²) in [5, 5.41) is 11.4. The fourth-order valence-corrected chi connectivity index (χ4v) is 4.71. The van der Waals surface area contributed by atoms with Crippen molar-refractivity contribution in [3.05, 3.63) is 46.3 Å². The molecule has 2 aromatic heterocycles. The van der Waals surface area contributed by atoms with Crippen molar-refractivity contribution in [3.8, 4) is 11.1 Å².